The lowest BCUT2D eigenvalue weighted by Crippen LogP contribution is -2.65. The lowest BCUT2D eigenvalue weighted by Gasteiger charge is -2.51. The third-order valence-corrected chi connectivity index (χ3v) is 6.20. The average molecular weight is 422 g/mol. The number of anilines is 1. The number of benzene rings is 2. The van der Waals surface area contributed by atoms with E-state index in [2.05, 4.69) is 5.32 Å². The summed E-state index contributed by atoms with van der Waals surface area (Å²) in [5, 5.41) is 5.87. The number of hydrogen-bond donors (Lipinski definition) is 1. The van der Waals surface area contributed by atoms with E-state index in [-0.39, 0.29) is 11.5 Å². The van der Waals surface area contributed by atoms with Crippen LogP contribution < -0.4 is 10.9 Å². The fourth-order valence-electron chi connectivity index (χ4n) is 4.14. The van der Waals surface area contributed by atoms with Gasteiger partial charge in [-0.05, 0) is 60.7 Å². The quantitative estimate of drug-likeness (QED) is 0.641. The van der Waals surface area contributed by atoms with Gasteiger partial charge >= 0.3 is 0 Å². The molecule has 1 aliphatic rings. The molecule has 0 atom stereocenters. The average Bonchev–Trinajstić information content (AvgIpc) is 2.70. The molecule has 1 aromatic heterocycles. The summed E-state index contributed by atoms with van der Waals surface area (Å²) >= 11 is 6.41. The normalized spacial score (nSPS) is 15.4. The molecule has 1 aliphatic heterocycles. The van der Waals surface area contributed by atoms with Crippen LogP contribution in [0.5, 0.6) is 0 Å². The van der Waals surface area contributed by atoms with Gasteiger partial charge in [0, 0.05) is 29.3 Å². The van der Waals surface area contributed by atoms with Crippen LogP contribution in [-0.4, -0.2) is 28.5 Å². The number of aryl methyl sites for hydroxylation is 1. The third-order valence-electron chi connectivity index (χ3n) is 5.79. The molecule has 30 heavy (non-hydrogen) atoms. The van der Waals surface area contributed by atoms with Crippen molar-refractivity contribution >= 4 is 34.0 Å². The summed E-state index contributed by atoms with van der Waals surface area (Å²) in [7, 11) is 1.75. The monoisotopic (exact) mass is 421 g/mol. The van der Waals surface area contributed by atoms with Crippen LogP contribution in [0.4, 0.5) is 5.69 Å². The van der Waals surface area contributed by atoms with Gasteiger partial charge in [-0.2, -0.15) is 0 Å². The van der Waals surface area contributed by atoms with Gasteiger partial charge in [0.25, 0.3) is 5.56 Å². The Hall–Kier alpha value is -3.05. The highest BCUT2D eigenvalue weighted by Crippen LogP contribution is 2.39. The van der Waals surface area contributed by atoms with E-state index in [1.165, 1.54) is 0 Å². The van der Waals surface area contributed by atoms with Crippen molar-refractivity contribution < 1.29 is 4.79 Å². The second-order valence-corrected chi connectivity index (χ2v) is 8.25. The standard InChI is InChI=1S/C24H24ClN3O2/c1-4-6-22(29)28-14-24(15-28,20-7-5-8-21(25)16(20)2)26-18-10-9-17-11-12-27(3)23(30)19(17)13-18/h4-13,26H,14-15H2,1-3H3/b6-4+. The van der Waals surface area contributed by atoms with Gasteiger partial charge in [-0.3, -0.25) is 9.59 Å². The summed E-state index contributed by atoms with van der Waals surface area (Å²) < 4.78 is 1.57. The van der Waals surface area contributed by atoms with E-state index < -0.39 is 5.54 Å². The first-order valence-corrected chi connectivity index (χ1v) is 10.3. The molecule has 1 saturated heterocycles. The van der Waals surface area contributed by atoms with Crippen LogP contribution in [0.1, 0.15) is 18.1 Å². The molecule has 3 aromatic rings. The Balaban J connectivity index is 1.75. The van der Waals surface area contributed by atoms with Crippen LogP contribution >= 0.6 is 11.6 Å². The highest BCUT2D eigenvalue weighted by atomic mass is 35.5. The number of allylic oxidation sites excluding steroid dienone is 1. The number of pyridine rings is 1. The second kappa shape index (κ2) is 7.65. The number of carbonyl (C=O) groups is 1. The smallest absolute Gasteiger partial charge is 0.258 e. The summed E-state index contributed by atoms with van der Waals surface area (Å²) in [5.41, 5.74) is 2.37. The van der Waals surface area contributed by atoms with Gasteiger partial charge < -0.3 is 14.8 Å². The topological polar surface area (TPSA) is 54.3 Å². The van der Waals surface area contributed by atoms with E-state index in [1.54, 1.807) is 34.9 Å². The van der Waals surface area contributed by atoms with Gasteiger partial charge in [-0.1, -0.05) is 35.9 Å². The number of amides is 1. The fourth-order valence-corrected chi connectivity index (χ4v) is 4.32. The van der Waals surface area contributed by atoms with Gasteiger partial charge in [0.15, 0.2) is 0 Å². The summed E-state index contributed by atoms with van der Waals surface area (Å²) in [6, 6.07) is 13.6. The van der Waals surface area contributed by atoms with Crippen LogP contribution in [0.25, 0.3) is 10.8 Å². The number of nitrogens with one attached hydrogen (secondary N) is 1. The molecule has 5 nitrogen and oxygen atoms in total. The predicted molar refractivity (Wildman–Crippen MR) is 122 cm³/mol. The summed E-state index contributed by atoms with van der Waals surface area (Å²) in [4.78, 5) is 26.7. The Morgan fingerprint density at radius 1 is 1.20 bits per heavy atom. The van der Waals surface area contributed by atoms with Crippen molar-refractivity contribution in [3.63, 3.8) is 0 Å². The molecular formula is C24H24ClN3O2. The number of carbonyl (C=O) groups excluding carboxylic acids is 1. The highest BCUT2D eigenvalue weighted by molar-refractivity contribution is 6.31. The second-order valence-electron chi connectivity index (χ2n) is 7.85. The molecule has 0 saturated carbocycles. The Morgan fingerprint density at radius 2 is 1.97 bits per heavy atom. The maximum Gasteiger partial charge on any atom is 0.258 e. The van der Waals surface area contributed by atoms with E-state index in [0.717, 1.165) is 22.2 Å². The van der Waals surface area contributed by atoms with E-state index >= 15 is 0 Å². The van der Waals surface area contributed by atoms with E-state index in [9.17, 15) is 9.59 Å². The van der Waals surface area contributed by atoms with Crippen LogP contribution in [-0.2, 0) is 17.4 Å². The number of nitrogens with zero attached hydrogens (tertiary/aromatic N) is 2. The number of rotatable bonds is 4. The van der Waals surface area contributed by atoms with E-state index in [0.29, 0.717) is 23.5 Å². The highest BCUT2D eigenvalue weighted by Gasteiger charge is 2.47. The zero-order valence-corrected chi connectivity index (χ0v) is 18.0. The molecule has 0 radical (unpaired) electrons. The molecule has 1 N–H and O–H groups in total. The lowest BCUT2D eigenvalue weighted by atomic mass is 9.79. The van der Waals surface area contributed by atoms with Crippen LogP contribution in [0, 0.1) is 6.92 Å². The number of hydrogen-bond acceptors (Lipinski definition) is 3. The summed E-state index contributed by atoms with van der Waals surface area (Å²) in [6.45, 7) is 4.86. The zero-order chi connectivity index (χ0) is 21.5. The van der Waals surface area contributed by atoms with Gasteiger partial charge in [0.05, 0.1) is 18.6 Å². The first-order valence-electron chi connectivity index (χ1n) is 9.89. The van der Waals surface area contributed by atoms with Gasteiger partial charge in [-0.15, -0.1) is 0 Å². The molecule has 1 fully saturated rings. The number of likely N-dealkylation sites (tertiary alicyclic amines) is 1. The van der Waals surface area contributed by atoms with Crippen molar-refractivity contribution in [3.8, 4) is 0 Å². The first kappa shape index (κ1) is 20.2. The number of aromatic nitrogens is 1. The first-order chi connectivity index (χ1) is 14.3. The maximum absolute atomic E-state index is 12.6. The Labute approximate surface area is 180 Å². The maximum atomic E-state index is 12.6. The molecular weight excluding hydrogens is 398 g/mol. The molecule has 2 aromatic carbocycles. The van der Waals surface area contributed by atoms with Gasteiger partial charge in [0.1, 0.15) is 0 Å². The van der Waals surface area contributed by atoms with E-state index in [4.69, 9.17) is 11.6 Å². The Bertz CT molecular complexity index is 1220. The van der Waals surface area contributed by atoms with Crippen molar-refractivity contribution in [2.24, 2.45) is 7.05 Å². The third kappa shape index (κ3) is 3.39. The van der Waals surface area contributed by atoms with Gasteiger partial charge in [0.2, 0.25) is 5.91 Å². The molecule has 4 rings (SSSR count). The lowest BCUT2D eigenvalue weighted by molar-refractivity contribution is -0.132. The summed E-state index contributed by atoms with van der Waals surface area (Å²) in [5.74, 6) is -0.0120. The summed E-state index contributed by atoms with van der Waals surface area (Å²) in [6.07, 6.45) is 5.10. The molecule has 0 unspecified atom stereocenters. The number of fused-ring (bicyclic) bond motifs is 1. The minimum Gasteiger partial charge on any atom is -0.372 e. The van der Waals surface area contributed by atoms with Crippen LogP contribution in [0.3, 0.4) is 0 Å². The molecule has 0 bridgehead atoms. The van der Waals surface area contributed by atoms with E-state index in [1.807, 2.05) is 56.3 Å². The molecule has 0 aliphatic carbocycles. The molecule has 154 valence electrons. The minimum absolute atomic E-state index is 0.0120. The Morgan fingerprint density at radius 3 is 2.70 bits per heavy atom. The van der Waals surface area contributed by atoms with Crippen LogP contribution in [0.2, 0.25) is 5.02 Å². The minimum atomic E-state index is -0.472. The van der Waals surface area contributed by atoms with Crippen molar-refractivity contribution in [1.82, 2.24) is 9.47 Å². The predicted octanol–water partition coefficient (Wildman–Crippen LogP) is 4.23. The SMILES string of the molecule is C/C=C/C(=O)N1CC(Nc2ccc3ccn(C)c(=O)c3c2)(c2cccc(Cl)c2C)C1. The Kier molecular flexibility index (Phi) is 5.16. The van der Waals surface area contributed by atoms with Crippen molar-refractivity contribution in [1.29, 1.82) is 0 Å². The number of halogens is 1. The van der Waals surface area contributed by atoms with Crippen molar-refractivity contribution in [3.05, 3.63) is 87.3 Å². The fraction of sp³-hybridized carbons (Fsp3) is 0.250. The zero-order valence-electron chi connectivity index (χ0n) is 17.3. The van der Waals surface area contributed by atoms with Crippen molar-refractivity contribution in [2.45, 2.75) is 19.4 Å². The molecule has 6 heteroatoms. The van der Waals surface area contributed by atoms with Crippen molar-refractivity contribution in [2.75, 3.05) is 18.4 Å². The largest absolute Gasteiger partial charge is 0.372 e. The molecule has 1 amide bonds. The van der Waals surface area contributed by atoms with Crippen LogP contribution in [0.15, 0.2) is 65.6 Å². The van der Waals surface area contributed by atoms with Gasteiger partial charge in [-0.25, -0.2) is 0 Å². The molecule has 2 heterocycles. The molecule has 0 spiro atoms.